The number of nitriles is 1. The summed E-state index contributed by atoms with van der Waals surface area (Å²) in [4.78, 5) is 25.4. The third-order valence-corrected chi connectivity index (χ3v) is 4.56. The van der Waals surface area contributed by atoms with Crippen molar-refractivity contribution in [1.29, 1.82) is 5.26 Å². The van der Waals surface area contributed by atoms with Crippen LogP contribution in [0.4, 0.5) is 0 Å². The van der Waals surface area contributed by atoms with E-state index in [1.165, 1.54) is 0 Å². The topological polar surface area (TPSA) is 70.0 Å². The first-order valence-electron chi connectivity index (χ1n) is 8.00. The molecule has 0 aromatic heterocycles. The average Bonchev–Trinajstić information content (AvgIpc) is 3.02. The molecule has 1 aliphatic rings. The molecule has 1 unspecified atom stereocenters. The fourth-order valence-corrected chi connectivity index (χ4v) is 3.34. The Bertz CT molecular complexity index is 765. The van der Waals surface area contributed by atoms with Gasteiger partial charge in [-0.05, 0) is 11.1 Å². The molecule has 3 rings (SSSR count). The molecule has 0 saturated carbocycles. The van der Waals surface area contributed by atoms with Gasteiger partial charge in [0.25, 0.3) is 0 Å². The minimum atomic E-state index is -0.744. The number of hydrogen-bond donors (Lipinski definition) is 1. The van der Waals surface area contributed by atoms with Crippen LogP contribution in [-0.2, 0) is 9.59 Å². The number of carbonyl (C=O) groups is 2. The molecule has 120 valence electrons. The number of nitrogens with one attached hydrogen (secondary N) is 1. The Labute approximate surface area is 141 Å². The molecule has 1 N–H and O–H groups in total. The number of nitrogens with zero attached hydrogens (tertiary/aromatic N) is 1. The summed E-state index contributed by atoms with van der Waals surface area (Å²) < 4.78 is 0. The van der Waals surface area contributed by atoms with Crippen molar-refractivity contribution >= 4 is 11.7 Å². The minimum Gasteiger partial charge on any atom is -0.355 e. The van der Waals surface area contributed by atoms with Crippen LogP contribution in [-0.4, -0.2) is 18.2 Å². The van der Waals surface area contributed by atoms with Crippen LogP contribution in [0.25, 0.3) is 0 Å². The number of rotatable bonds is 5. The summed E-state index contributed by atoms with van der Waals surface area (Å²) in [6.45, 7) is 0.452. The van der Waals surface area contributed by atoms with Crippen molar-refractivity contribution < 1.29 is 9.59 Å². The summed E-state index contributed by atoms with van der Waals surface area (Å²) in [7, 11) is 0. The first-order valence-corrected chi connectivity index (χ1v) is 8.00. The summed E-state index contributed by atoms with van der Waals surface area (Å²) in [6.07, 6.45) is 0.0775. The van der Waals surface area contributed by atoms with Gasteiger partial charge in [0.2, 0.25) is 5.91 Å². The lowest BCUT2D eigenvalue weighted by Crippen LogP contribution is -2.31. The van der Waals surface area contributed by atoms with Crippen molar-refractivity contribution in [2.24, 2.45) is 5.92 Å². The minimum absolute atomic E-state index is 0.0775. The highest BCUT2D eigenvalue weighted by Gasteiger charge is 2.43. The first-order chi connectivity index (χ1) is 11.7. The van der Waals surface area contributed by atoms with Gasteiger partial charge in [-0.1, -0.05) is 60.7 Å². The van der Waals surface area contributed by atoms with Crippen molar-refractivity contribution in [3.8, 4) is 6.07 Å². The average molecular weight is 318 g/mol. The molecule has 4 nitrogen and oxygen atoms in total. The van der Waals surface area contributed by atoms with Gasteiger partial charge in [0.15, 0.2) is 5.78 Å². The summed E-state index contributed by atoms with van der Waals surface area (Å²) in [5, 5.41) is 11.9. The van der Waals surface area contributed by atoms with Crippen molar-refractivity contribution in [1.82, 2.24) is 5.32 Å². The molecule has 0 radical (unpaired) electrons. The second kappa shape index (κ2) is 7.10. The number of benzene rings is 2. The number of Topliss-reactive ketones (excluding diaryl/α,β-unsaturated/α-hetero) is 1. The largest absolute Gasteiger partial charge is 0.355 e. The third-order valence-electron chi connectivity index (χ3n) is 4.56. The Hall–Kier alpha value is -2.93. The maximum Gasteiger partial charge on any atom is 0.231 e. The van der Waals surface area contributed by atoms with Crippen molar-refractivity contribution in [3.63, 3.8) is 0 Å². The molecule has 0 spiro atoms. The number of carbonyl (C=O) groups excluding carboxylic acids is 2. The van der Waals surface area contributed by atoms with Gasteiger partial charge in [0.1, 0.15) is 5.92 Å². The van der Waals surface area contributed by atoms with Crippen LogP contribution in [0.1, 0.15) is 29.4 Å². The lowest BCUT2D eigenvalue weighted by molar-refractivity contribution is -0.133. The fourth-order valence-electron chi connectivity index (χ4n) is 3.34. The quantitative estimate of drug-likeness (QED) is 0.862. The molecule has 1 saturated heterocycles. The predicted molar refractivity (Wildman–Crippen MR) is 90.1 cm³/mol. The SMILES string of the molecule is N#CC[C@H](C(=O)[C@H]1C(=O)NCC1c1ccccc1)c1ccccc1. The van der Waals surface area contributed by atoms with Crippen molar-refractivity contribution in [3.05, 3.63) is 71.8 Å². The van der Waals surface area contributed by atoms with Gasteiger partial charge in [0.05, 0.1) is 12.0 Å². The molecule has 24 heavy (non-hydrogen) atoms. The zero-order chi connectivity index (χ0) is 16.9. The normalized spacial score (nSPS) is 20.9. The van der Waals surface area contributed by atoms with E-state index >= 15 is 0 Å². The molecule has 1 amide bonds. The highest BCUT2D eigenvalue weighted by Crippen LogP contribution is 2.35. The molecule has 2 aromatic rings. The predicted octanol–water partition coefficient (Wildman–Crippen LogP) is 2.78. The zero-order valence-corrected chi connectivity index (χ0v) is 13.2. The smallest absolute Gasteiger partial charge is 0.231 e. The number of ketones is 1. The van der Waals surface area contributed by atoms with Crippen LogP contribution in [0.2, 0.25) is 0 Å². The van der Waals surface area contributed by atoms with Crippen LogP contribution >= 0.6 is 0 Å². The Morgan fingerprint density at radius 3 is 2.38 bits per heavy atom. The Kier molecular flexibility index (Phi) is 4.72. The van der Waals surface area contributed by atoms with E-state index in [2.05, 4.69) is 11.4 Å². The lowest BCUT2D eigenvalue weighted by atomic mass is 9.78. The molecule has 2 aromatic carbocycles. The van der Waals surface area contributed by atoms with Gasteiger partial charge in [-0.3, -0.25) is 9.59 Å². The zero-order valence-electron chi connectivity index (χ0n) is 13.2. The van der Waals surface area contributed by atoms with E-state index in [0.717, 1.165) is 11.1 Å². The standard InChI is InChI=1S/C20H18N2O2/c21-12-11-16(14-7-3-1-4-8-14)19(23)18-17(13-22-20(18)24)15-9-5-2-6-10-15/h1-10,16-18H,11,13H2,(H,22,24)/t16-,17?,18-/m0/s1. The summed E-state index contributed by atoms with van der Waals surface area (Å²) in [6, 6.07) is 20.9. The molecular weight excluding hydrogens is 300 g/mol. The first kappa shape index (κ1) is 15.9. The van der Waals surface area contributed by atoms with E-state index in [1.54, 1.807) is 0 Å². The van der Waals surface area contributed by atoms with Crippen LogP contribution < -0.4 is 5.32 Å². The molecule has 1 heterocycles. The highest BCUT2D eigenvalue weighted by molar-refractivity contribution is 6.06. The molecule has 1 fully saturated rings. The summed E-state index contributed by atoms with van der Waals surface area (Å²) in [5.74, 6) is -1.92. The number of amides is 1. The molecule has 3 atom stereocenters. The van der Waals surface area contributed by atoms with Crippen molar-refractivity contribution in [2.45, 2.75) is 18.3 Å². The summed E-state index contributed by atoms with van der Waals surface area (Å²) in [5.41, 5.74) is 1.76. The van der Waals surface area contributed by atoms with Gasteiger partial charge in [-0.15, -0.1) is 0 Å². The Morgan fingerprint density at radius 1 is 1.12 bits per heavy atom. The second-order valence-corrected chi connectivity index (χ2v) is 5.97. The maximum atomic E-state index is 13.1. The molecule has 1 aliphatic heterocycles. The van der Waals surface area contributed by atoms with E-state index in [0.29, 0.717) is 6.54 Å². The van der Waals surface area contributed by atoms with Gasteiger partial charge in [-0.2, -0.15) is 5.26 Å². The fraction of sp³-hybridized carbons (Fsp3) is 0.250. The van der Waals surface area contributed by atoms with Crippen LogP contribution in [0.15, 0.2) is 60.7 Å². The van der Waals surface area contributed by atoms with Gasteiger partial charge in [0, 0.05) is 18.9 Å². The highest BCUT2D eigenvalue weighted by atomic mass is 16.2. The molecular formula is C20H18N2O2. The lowest BCUT2D eigenvalue weighted by Gasteiger charge is -2.21. The number of hydrogen-bond acceptors (Lipinski definition) is 3. The molecule has 0 aliphatic carbocycles. The Morgan fingerprint density at radius 2 is 1.75 bits per heavy atom. The van der Waals surface area contributed by atoms with Crippen LogP contribution in [0.5, 0.6) is 0 Å². The van der Waals surface area contributed by atoms with Crippen LogP contribution in [0, 0.1) is 17.2 Å². The van der Waals surface area contributed by atoms with Gasteiger partial charge >= 0.3 is 0 Å². The van der Waals surface area contributed by atoms with E-state index in [9.17, 15) is 9.59 Å². The Balaban J connectivity index is 1.93. The van der Waals surface area contributed by atoms with Gasteiger partial charge < -0.3 is 5.32 Å². The van der Waals surface area contributed by atoms with E-state index in [1.807, 2.05) is 60.7 Å². The maximum absolute atomic E-state index is 13.1. The third kappa shape index (κ3) is 3.07. The molecule has 0 bridgehead atoms. The van der Waals surface area contributed by atoms with E-state index < -0.39 is 11.8 Å². The van der Waals surface area contributed by atoms with E-state index in [4.69, 9.17) is 5.26 Å². The van der Waals surface area contributed by atoms with E-state index in [-0.39, 0.29) is 24.0 Å². The summed E-state index contributed by atoms with van der Waals surface area (Å²) >= 11 is 0. The van der Waals surface area contributed by atoms with Crippen molar-refractivity contribution in [2.75, 3.05) is 6.54 Å². The molecule has 4 heteroatoms. The monoisotopic (exact) mass is 318 g/mol. The van der Waals surface area contributed by atoms with Crippen LogP contribution in [0.3, 0.4) is 0 Å². The second-order valence-electron chi connectivity index (χ2n) is 5.97. The van der Waals surface area contributed by atoms with Gasteiger partial charge in [-0.25, -0.2) is 0 Å².